The fourth-order valence-electron chi connectivity index (χ4n) is 1.54. The number of phenolic OH excluding ortho intramolecular Hbond substituents is 1. The number of thiocarbonyl (C=S) groups is 1. The second kappa shape index (κ2) is 5.42. The Bertz CT molecular complexity index is 557. The zero-order chi connectivity index (χ0) is 13.3. The van der Waals surface area contributed by atoms with Gasteiger partial charge in [-0.25, -0.2) is 0 Å². The molecule has 0 unspecified atom stereocenters. The van der Waals surface area contributed by atoms with Crippen molar-refractivity contribution in [3.8, 4) is 5.75 Å². The zero-order valence-corrected chi connectivity index (χ0v) is 12.7. The highest BCUT2D eigenvalue weighted by Gasteiger charge is 2.30. The van der Waals surface area contributed by atoms with E-state index >= 15 is 0 Å². The molecule has 1 aliphatic heterocycles. The number of aromatic hydroxyl groups is 1. The summed E-state index contributed by atoms with van der Waals surface area (Å²) >= 11 is 9.68. The van der Waals surface area contributed by atoms with E-state index in [1.54, 1.807) is 29.2 Å². The van der Waals surface area contributed by atoms with E-state index in [4.69, 9.17) is 12.2 Å². The normalized spacial score (nSPS) is 17.9. The molecule has 1 aromatic carbocycles. The van der Waals surface area contributed by atoms with Crippen LogP contribution in [-0.4, -0.2) is 26.8 Å². The third-order valence-corrected chi connectivity index (χ3v) is 4.47. The first kappa shape index (κ1) is 13.6. The predicted octanol–water partition coefficient (Wildman–Crippen LogP) is 3.38. The van der Waals surface area contributed by atoms with E-state index in [0.717, 1.165) is 5.56 Å². The van der Waals surface area contributed by atoms with Crippen molar-refractivity contribution in [3.05, 3.63) is 33.1 Å². The van der Waals surface area contributed by atoms with Gasteiger partial charge in [0.2, 0.25) is 0 Å². The van der Waals surface area contributed by atoms with Crippen molar-refractivity contribution in [1.29, 1.82) is 0 Å². The van der Waals surface area contributed by atoms with Crippen molar-refractivity contribution in [2.75, 3.05) is 6.54 Å². The minimum absolute atomic E-state index is 0.0586. The van der Waals surface area contributed by atoms with Gasteiger partial charge in [0.25, 0.3) is 5.91 Å². The molecule has 6 heteroatoms. The summed E-state index contributed by atoms with van der Waals surface area (Å²) in [5, 5.41) is 9.41. The average molecular weight is 344 g/mol. The number of benzene rings is 1. The van der Waals surface area contributed by atoms with Crippen LogP contribution >= 0.6 is 39.9 Å². The summed E-state index contributed by atoms with van der Waals surface area (Å²) in [4.78, 5) is 14.2. The number of rotatable bonds is 2. The highest BCUT2D eigenvalue weighted by molar-refractivity contribution is 9.10. The molecule has 3 nitrogen and oxygen atoms in total. The molecule has 0 bridgehead atoms. The molecule has 94 valence electrons. The Labute approximate surface area is 123 Å². The molecule has 1 aromatic rings. The van der Waals surface area contributed by atoms with Crippen LogP contribution in [0.5, 0.6) is 5.75 Å². The Kier molecular flexibility index (Phi) is 4.09. The van der Waals surface area contributed by atoms with E-state index < -0.39 is 0 Å². The summed E-state index contributed by atoms with van der Waals surface area (Å²) in [5.41, 5.74) is 0.844. The van der Waals surface area contributed by atoms with Crippen molar-refractivity contribution in [1.82, 2.24) is 4.90 Å². The van der Waals surface area contributed by atoms with Crippen molar-refractivity contribution in [2.24, 2.45) is 0 Å². The van der Waals surface area contributed by atoms with Gasteiger partial charge in [0, 0.05) is 6.54 Å². The number of carbonyl (C=O) groups excluding carboxylic acids is 1. The summed E-state index contributed by atoms with van der Waals surface area (Å²) < 4.78 is 1.19. The van der Waals surface area contributed by atoms with Gasteiger partial charge in [-0.05, 0) is 46.6 Å². The Balaban J connectivity index is 2.32. The summed E-state index contributed by atoms with van der Waals surface area (Å²) in [6, 6.07) is 5.09. The van der Waals surface area contributed by atoms with E-state index in [1.165, 1.54) is 11.8 Å². The quantitative estimate of drug-likeness (QED) is 0.660. The fraction of sp³-hybridized carbons (Fsp3) is 0.167. The van der Waals surface area contributed by atoms with Crippen LogP contribution < -0.4 is 0 Å². The van der Waals surface area contributed by atoms with E-state index in [2.05, 4.69) is 15.9 Å². The number of thioether (sulfide) groups is 1. The summed E-state index contributed by atoms with van der Waals surface area (Å²) in [7, 11) is 0. The van der Waals surface area contributed by atoms with Gasteiger partial charge < -0.3 is 5.11 Å². The lowest BCUT2D eigenvalue weighted by Crippen LogP contribution is -2.27. The number of likely N-dealkylation sites (N-methyl/N-ethyl adjacent to an activating group) is 1. The molecule has 0 spiro atoms. The van der Waals surface area contributed by atoms with Gasteiger partial charge in [0.1, 0.15) is 10.1 Å². The van der Waals surface area contributed by atoms with Crippen LogP contribution in [0.3, 0.4) is 0 Å². The van der Waals surface area contributed by atoms with Crippen LogP contribution in [0.15, 0.2) is 27.6 Å². The number of nitrogens with zero attached hydrogens (tertiary/aromatic N) is 1. The van der Waals surface area contributed by atoms with Crippen LogP contribution in [0.1, 0.15) is 12.5 Å². The van der Waals surface area contributed by atoms with Gasteiger partial charge in [-0.1, -0.05) is 30.0 Å². The molecule has 0 aliphatic carbocycles. The fourth-order valence-corrected chi connectivity index (χ4v) is 3.32. The molecule has 1 aliphatic rings. The summed E-state index contributed by atoms with van der Waals surface area (Å²) in [5.74, 6) is 0.116. The van der Waals surface area contributed by atoms with Crippen LogP contribution in [0.25, 0.3) is 6.08 Å². The van der Waals surface area contributed by atoms with Gasteiger partial charge in [0.15, 0.2) is 0 Å². The number of amides is 1. The van der Waals surface area contributed by atoms with Crippen molar-refractivity contribution in [3.63, 3.8) is 0 Å². The van der Waals surface area contributed by atoms with E-state index in [-0.39, 0.29) is 11.7 Å². The maximum absolute atomic E-state index is 12.0. The number of halogens is 1. The van der Waals surface area contributed by atoms with E-state index in [9.17, 15) is 9.90 Å². The lowest BCUT2D eigenvalue weighted by atomic mass is 10.2. The Morgan fingerprint density at radius 3 is 2.83 bits per heavy atom. The van der Waals surface area contributed by atoms with Crippen molar-refractivity contribution >= 4 is 56.2 Å². The zero-order valence-electron chi connectivity index (χ0n) is 9.51. The van der Waals surface area contributed by atoms with Gasteiger partial charge in [-0.3, -0.25) is 9.69 Å². The second-order valence-electron chi connectivity index (χ2n) is 3.64. The molecule has 0 aromatic heterocycles. The van der Waals surface area contributed by atoms with E-state index in [0.29, 0.717) is 20.2 Å². The lowest BCUT2D eigenvalue weighted by molar-refractivity contribution is -0.121. The Morgan fingerprint density at radius 1 is 1.56 bits per heavy atom. The predicted molar refractivity (Wildman–Crippen MR) is 81.4 cm³/mol. The maximum Gasteiger partial charge on any atom is 0.266 e. The molecule has 1 saturated heterocycles. The molecule has 0 atom stereocenters. The summed E-state index contributed by atoms with van der Waals surface area (Å²) in [6.45, 7) is 2.48. The van der Waals surface area contributed by atoms with Gasteiger partial charge in [-0.2, -0.15) is 0 Å². The largest absolute Gasteiger partial charge is 0.507 e. The van der Waals surface area contributed by atoms with Crippen LogP contribution in [0, 0.1) is 0 Å². The molecule has 0 saturated carbocycles. The standard InChI is InChI=1S/C12H10BrNO2S2/c1-2-14-11(16)10(18-12(14)17)6-7-3-4-9(15)8(13)5-7/h3-6,15H,2H2,1H3. The second-order valence-corrected chi connectivity index (χ2v) is 6.17. The van der Waals surface area contributed by atoms with Gasteiger partial charge >= 0.3 is 0 Å². The molecule has 1 fully saturated rings. The first-order valence-electron chi connectivity index (χ1n) is 5.27. The highest BCUT2D eigenvalue weighted by Crippen LogP contribution is 2.33. The molecule has 1 heterocycles. The third kappa shape index (κ3) is 2.60. The molecule has 18 heavy (non-hydrogen) atoms. The molecule has 0 radical (unpaired) electrons. The van der Waals surface area contributed by atoms with Gasteiger partial charge in [-0.15, -0.1) is 0 Å². The number of hydrogen-bond donors (Lipinski definition) is 1. The molecule has 1 amide bonds. The topological polar surface area (TPSA) is 40.5 Å². The maximum atomic E-state index is 12.0. The third-order valence-electron chi connectivity index (χ3n) is 2.46. The monoisotopic (exact) mass is 343 g/mol. The smallest absolute Gasteiger partial charge is 0.266 e. The summed E-state index contributed by atoms with van der Waals surface area (Å²) in [6.07, 6.45) is 1.78. The van der Waals surface area contributed by atoms with E-state index in [1.807, 2.05) is 6.92 Å². The molecule has 1 N–H and O–H groups in total. The lowest BCUT2D eigenvalue weighted by Gasteiger charge is -2.09. The molecule has 2 rings (SSSR count). The van der Waals surface area contributed by atoms with Crippen LogP contribution in [0.4, 0.5) is 0 Å². The Hall–Kier alpha value is -0.850. The number of hydrogen-bond acceptors (Lipinski definition) is 4. The highest BCUT2D eigenvalue weighted by atomic mass is 79.9. The van der Waals surface area contributed by atoms with Crippen molar-refractivity contribution < 1.29 is 9.90 Å². The molecular formula is C12H10BrNO2S2. The minimum Gasteiger partial charge on any atom is -0.507 e. The van der Waals surface area contributed by atoms with Crippen LogP contribution in [0.2, 0.25) is 0 Å². The first-order chi connectivity index (χ1) is 8.52. The van der Waals surface area contributed by atoms with Crippen molar-refractivity contribution in [2.45, 2.75) is 6.92 Å². The number of phenols is 1. The van der Waals surface area contributed by atoms with Crippen LogP contribution in [-0.2, 0) is 4.79 Å². The minimum atomic E-state index is -0.0586. The average Bonchev–Trinajstić information content (AvgIpc) is 2.59. The number of carbonyl (C=O) groups is 1. The first-order valence-corrected chi connectivity index (χ1v) is 7.28. The Morgan fingerprint density at radius 2 is 2.28 bits per heavy atom. The SMILES string of the molecule is CCN1C(=O)C(=Cc2ccc(O)c(Br)c2)SC1=S. The van der Waals surface area contributed by atoms with Gasteiger partial charge in [0.05, 0.1) is 9.38 Å². The molecular weight excluding hydrogens is 334 g/mol.